The first-order valence-electron chi connectivity index (χ1n) is 8.88. The summed E-state index contributed by atoms with van der Waals surface area (Å²) in [5.74, 6) is 0.474. The standard InChI is InChI=1S/C19H17N5O3S2/c1-2-23-18(14-6-5-9-28-14)21-22-19(23)29-12-17(26)27-11-13-10-16(25)24-8-4-3-7-15(24)20-13/h3-10H,2,11-12H2,1H3. The molecule has 0 N–H and O–H groups in total. The Balaban J connectivity index is 1.38. The Bertz CT molecular complexity index is 1200. The van der Waals surface area contributed by atoms with Gasteiger partial charge in [0.15, 0.2) is 11.0 Å². The van der Waals surface area contributed by atoms with E-state index in [0.717, 1.165) is 10.7 Å². The number of pyridine rings is 1. The molecular formula is C19H17N5O3S2. The predicted octanol–water partition coefficient (Wildman–Crippen LogP) is 2.87. The molecular weight excluding hydrogens is 410 g/mol. The minimum atomic E-state index is -0.409. The number of thioether (sulfide) groups is 1. The van der Waals surface area contributed by atoms with Crippen molar-refractivity contribution in [2.75, 3.05) is 5.75 Å². The molecule has 0 atom stereocenters. The summed E-state index contributed by atoms with van der Waals surface area (Å²) in [7, 11) is 0. The summed E-state index contributed by atoms with van der Waals surface area (Å²) in [5, 5.41) is 11.1. The average molecular weight is 428 g/mol. The summed E-state index contributed by atoms with van der Waals surface area (Å²) in [6, 6.07) is 10.6. The van der Waals surface area contributed by atoms with Crippen LogP contribution in [0.2, 0.25) is 0 Å². The van der Waals surface area contributed by atoms with Gasteiger partial charge in [0.2, 0.25) is 0 Å². The van der Waals surface area contributed by atoms with Gasteiger partial charge < -0.3 is 9.30 Å². The predicted molar refractivity (Wildman–Crippen MR) is 111 cm³/mol. The lowest BCUT2D eigenvalue weighted by Crippen LogP contribution is -2.16. The zero-order chi connectivity index (χ0) is 20.2. The van der Waals surface area contributed by atoms with E-state index in [1.807, 2.05) is 29.0 Å². The maximum Gasteiger partial charge on any atom is 0.316 e. The third kappa shape index (κ3) is 4.22. The number of hydrogen-bond donors (Lipinski definition) is 0. The summed E-state index contributed by atoms with van der Waals surface area (Å²) in [5.41, 5.74) is 0.710. The van der Waals surface area contributed by atoms with Crippen LogP contribution in [0.15, 0.2) is 57.9 Å². The maximum atomic E-state index is 12.2. The molecule has 0 aliphatic rings. The van der Waals surface area contributed by atoms with Gasteiger partial charge in [-0.2, -0.15) is 0 Å². The van der Waals surface area contributed by atoms with E-state index in [-0.39, 0.29) is 17.9 Å². The van der Waals surface area contributed by atoms with Gasteiger partial charge in [-0.1, -0.05) is 23.9 Å². The molecule has 0 aliphatic carbocycles. The van der Waals surface area contributed by atoms with Crippen LogP contribution in [0, 0.1) is 0 Å². The third-order valence-corrected chi connectivity index (χ3v) is 5.90. The van der Waals surface area contributed by atoms with Crippen LogP contribution in [-0.2, 0) is 22.7 Å². The highest BCUT2D eigenvalue weighted by molar-refractivity contribution is 7.99. The monoisotopic (exact) mass is 427 g/mol. The molecule has 148 valence electrons. The quantitative estimate of drug-likeness (QED) is 0.331. The van der Waals surface area contributed by atoms with Gasteiger partial charge in [-0.15, -0.1) is 21.5 Å². The van der Waals surface area contributed by atoms with Gasteiger partial charge >= 0.3 is 5.97 Å². The minimum absolute atomic E-state index is 0.0546. The topological polar surface area (TPSA) is 91.4 Å². The van der Waals surface area contributed by atoms with Crippen LogP contribution < -0.4 is 5.56 Å². The first-order valence-corrected chi connectivity index (χ1v) is 10.7. The van der Waals surface area contributed by atoms with E-state index < -0.39 is 5.97 Å². The van der Waals surface area contributed by atoms with E-state index in [1.165, 1.54) is 22.2 Å². The smallest absolute Gasteiger partial charge is 0.316 e. The number of carbonyl (C=O) groups is 1. The van der Waals surface area contributed by atoms with E-state index in [1.54, 1.807) is 35.7 Å². The molecule has 4 rings (SSSR count). The van der Waals surface area contributed by atoms with E-state index >= 15 is 0 Å². The first kappa shape index (κ1) is 19.3. The highest BCUT2D eigenvalue weighted by atomic mass is 32.2. The molecule has 4 aromatic rings. The highest BCUT2D eigenvalue weighted by Crippen LogP contribution is 2.27. The Kier molecular flexibility index (Phi) is 5.72. The molecule has 0 aromatic carbocycles. The van der Waals surface area contributed by atoms with Crippen molar-refractivity contribution < 1.29 is 9.53 Å². The Hall–Kier alpha value is -2.98. The first-order chi connectivity index (χ1) is 14.2. The Morgan fingerprint density at radius 1 is 1.24 bits per heavy atom. The number of ether oxygens (including phenoxy) is 1. The summed E-state index contributed by atoms with van der Waals surface area (Å²) in [6.45, 7) is 2.65. The van der Waals surface area contributed by atoms with Gasteiger partial charge in [0.1, 0.15) is 12.3 Å². The fraction of sp³-hybridized carbons (Fsp3) is 0.211. The molecule has 29 heavy (non-hydrogen) atoms. The van der Waals surface area contributed by atoms with Crippen molar-refractivity contribution >= 4 is 34.7 Å². The van der Waals surface area contributed by atoms with Crippen LogP contribution in [0.3, 0.4) is 0 Å². The fourth-order valence-electron chi connectivity index (χ4n) is 2.77. The van der Waals surface area contributed by atoms with Crippen molar-refractivity contribution in [2.24, 2.45) is 0 Å². The molecule has 0 amide bonds. The number of thiophene rings is 1. The second-order valence-corrected chi connectivity index (χ2v) is 7.88. The zero-order valence-corrected chi connectivity index (χ0v) is 17.2. The Morgan fingerprint density at radius 2 is 2.14 bits per heavy atom. The van der Waals surface area contributed by atoms with Crippen molar-refractivity contribution in [3.05, 3.63) is 64.0 Å². The molecule has 0 bridgehead atoms. The average Bonchev–Trinajstić information content (AvgIpc) is 3.40. The zero-order valence-electron chi connectivity index (χ0n) is 15.5. The van der Waals surface area contributed by atoms with Crippen molar-refractivity contribution in [3.8, 4) is 10.7 Å². The number of fused-ring (bicyclic) bond motifs is 1. The summed E-state index contributed by atoms with van der Waals surface area (Å²) in [4.78, 5) is 29.6. The summed E-state index contributed by atoms with van der Waals surface area (Å²) in [6.07, 6.45) is 1.64. The maximum absolute atomic E-state index is 12.2. The molecule has 0 saturated carbocycles. The molecule has 0 fully saturated rings. The normalized spacial score (nSPS) is 11.1. The Morgan fingerprint density at radius 3 is 2.93 bits per heavy atom. The second kappa shape index (κ2) is 8.58. The van der Waals surface area contributed by atoms with Crippen molar-refractivity contribution in [2.45, 2.75) is 25.2 Å². The van der Waals surface area contributed by atoms with E-state index in [4.69, 9.17) is 4.74 Å². The summed E-state index contributed by atoms with van der Waals surface area (Å²) < 4.78 is 8.68. The number of aromatic nitrogens is 5. The molecule has 4 aromatic heterocycles. The minimum Gasteiger partial charge on any atom is -0.459 e. The van der Waals surface area contributed by atoms with E-state index in [9.17, 15) is 9.59 Å². The third-order valence-electron chi connectivity index (χ3n) is 4.10. The van der Waals surface area contributed by atoms with Crippen LogP contribution in [0.1, 0.15) is 12.6 Å². The number of nitrogens with zero attached hydrogens (tertiary/aromatic N) is 5. The van der Waals surface area contributed by atoms with Crippen LogP contribution in [-0.4, -0.2) is 35.9 Å². The highest BCUT2D eigenvalue weighted by Gasteiger charge is 2.16. The molecule has 4 heterocycles. The molecule has 0 spiro atoms. The van der Waals surface area contributed by atoms with Gasteiger partial charge in [0.25, 0.3) is 5.56 Å². The summed E-state index contributed by atoms with van der Waals surface area (Å²) >= 11 is 2.86. The molecule has 8 nitrogen and oxygen atoms in total. The van der Waals surface area contributed by atoms with Gasteiger partial charge in [-0.3, -0.25) is 14.0 Å². The Labute approximate surface area is 174 Å². The van der Waals surface area contributed by atoms with Gasteiger partial charge in [-0.05, 0) is 30.5 Å². The fourth-order valence-corrected chi connectivity index (χ4v) is 4.28. The van der Waals surface area contributed by atoms with Crippen LogP contribution >= 0.6 is 23.1 Å². The van der Waals surface area contributed by atoms with Gasteiger partial charge in [0, 0.05) is 18.8 Å². The number of hydrogen-bond acceptors (Lipinski definition) is 8. The largest absolute Gasteiger partial charge is 0.459 e. The number of carbonyl (C=O) groups excluding carboxylic acids is 1. The SMILES string of the molecule is CCn1c(SCC(=O)OCc2cc(=O)n3ccccc3n2)nnc1-c1cccs1. The lowest BCUT2D eigenvalue weighted by molar-refractivity contribution is -0.141. The van der Waals surface area contributed by atoms with Crippen LogP contribution in [0.4, 0.5) is 0 Å². The van der Waals surface area contributed by atoms with Crippen molar-refractivity contribution in [3.63, 3.8) is 0 Å². The lowest BCUT2D eigenvalue weighted by atomic mass is 10.4. The van der Waals surface area contributed by atoms with Crippen molar-refractivity contribution in [1.82, 2.24) is 24.1 Å². The van der Waals surface area contributed by atoms with Crippen LogP contribution in [0.25, 0.3) is 16.3 Å². The number of rotatable bonds is 7. The van der Waals surface area contributed by atoms with Gasteiger partial charge in [-0.25, -0.2) is 4.98 Å². The number of esters is 1. The molecule has 0 radical (unpaired) electrons. The van der Waals surface area contributed by atoms with Crippen molar-refractivity contribution in [1.29, 1.82) is 0 Å². The molecule has 0 unspecified atom stereocenters. The molecule has 10 heteroatoms. The molecule has 0 saturated heterocycles. The second-order valence-electron chi connectivity index (χ2n) is 5.99. The van der Waals surface area contributed by atoms with E-state index in [2.05, 4.69) is 15.2 Å². The van der Waals surface area contributed by atoms with E-state index in [0.29, 0.717) is 23.0 Å². The van der Waals surface area contributed by atoms with Crippen LogP contribution in [0.5, 0.6) is 0 Å². The van der Waals surface area contributed by atoms with Gasteiger partial charge in [0.05, 0.1) is 16.3 Å². The molecule has 0 aliphatic heterocycles. The lowest BCUT2D eigenvalue weighted by Gasteiger charge is -2.07.